The lowest BCUT2D eigenvalue weighted by molar-refractivity contribution is 0.0939. The van der Waals surface area contributed by atoms with Crippen molar-refractivity contribution < 1.29 is 13.2 Å². The van der Waals surface area contributed by atoms with E-state index in [4.69, 9.17) is 11.6 Å². The van der Waals surface area contributed by atoms with E-state index in [0.717, 1.165) is 17.5 Å². The number of rotatable bonds is 6. The molecule has 0 fully saturated rings. The number of nitrogens with one attached hydrogen (secondary N) is 2. The Hall–Kier alpha value is -2.05. The van der Waals surface area contributed by atoms with Gasteiger partial charge in [0.15, 0.2) is 0 Å². The third kappa shape index (κ3) is 4.77. The molecule has 2 aromatic rings. The molecule has 0 saturated heterocycles. The van der Waals surface area contributed by atoms with Gasteiger partial charge in [-0.05, 0) is 57.0 Å². The molecule has 140 valence electrons. The number of halogens is 1. The first kappa shape index (κ1) is 20.3. The molecule has 0 bridgehead atoms. The van der Waals surface area contributed by atoms with Gasteiger partial charge in [-0.25, -0.2) is 8.42 Å². The summed E-state index contributed by atoms with van der Waals surface area (Å²) in [7, 11) is -3.93. The molecule has 2 N–H and O–H groups in total. The summed E-state index contributed by atoms with van der Waals surface area (Å²) in [5.41, 5.74) is 2.55. The lowest BCUT2D eigenvalue weighted by Crippen LogP contribution is -2.32. The minimum Gasteiger partial charge on any atom is -0.350 e. The summed E-state index contributed by atoms with van der Waals surface area (Å²) < 4.78 is 28.1. The van der Waals surface area contributed by atoms with Gasteiger partial charge >= 0.3 is 0 Å². The molecule has 2 rings (SSSR count). The largest absolute Gasteiger partial charge is 0.350 e. The summed E-state index contributed by atoms with van der Waals surface area (Å²) in [6, 6.07) is 9.63. The molecule has 7 heteroatoms. The van der Waals surface area contributed by atoms with Crippen molar-refractivity contribution in [1.82, 2.24) is 5.32 Å². The van der Waals surface area contributed by atoms with E-state index in [1.165, 1.54) is 18.2 Å². The molecule has 1 amide bonds. The molecule has 0 aliphatic carbocycles. The van der Waals surface area contributed by atoms with Crippen LogP contribution in [0.2, 0.25) is 5.02 Å². The van der Waals surface area contributed by atoms with Gasteiger partial charge in [-0.3, -0.25) is 9.52 Å². The number of hydrogen-bond donors (Lipinski definition) is 2. The maximum atomic E-state index is 12.8. The quantitative estimate of drug-likeness (QED) is 0.767. The third-order valence-corrected chi connectivity index (χ3v) is 5.95. The van der Waals surface area contributed by atoms with E-state index in [-0.39, 0.29) is 27.4 Å². The zero-order valence-corrected chi connectivity index (χ0v) is 16.8. The van der Waals surface area contributed by atoms with Crippen LogP contribution in [0.1, 0.15) is 41.8 Å². The maximum absolute atomic E-state index is 12.8. The fourth-order valence-corrected chi connectivity index (χ4v) is 4.05. The Labute approximate surface area is 159 Å². The van der Waals surface area contributed by atoms with Gasteiger partial charge in [0.25, 0.3) is 15.9 Å². The highest BCUT2D eigenvalue weighted by Gasteiger charge is 2.21. The van der Waals surface area contributed by atoms with Gasteiger partial charge in [0.1, 0.15) is 4.90 Å². The second-order valence-electron chi connectivity index (χ2n) is 6.35. The zero-order chi connectivity index (χ0) is 19.5. The van der Waals surface area contributed by atoms with Crippen molar-refractivity contribution in [3.8, 4) is 0 Å². The fourth-order valence-electron chi connectivity index (χ4n) is 2.39. The molecular weight excluding hydrogens is 372 g/mol. The van der Waals surface area contributed by atoms with E-state index in [0.29, 0.717) is 5.69 Å². The van der Waals surface area contributed by atoms with Crippen molar-refractivity contribution in [3.05, 3.63) is 58.1 Å². The average Bonchev–Trinajstić information content (AvgIpc) is 2.57. The van der Waals surface area contributed by atoms with Gasteiger partial charge in [0.2, 0.25) is 0 Å². The molecule has 0 heterocycles. The number of benzene rings is 2. The van der Waals surface area contributed by atoms with Crippen molar-refractivity contribution in [1.29, 1.82) is 0 Å². The van der Waals surface area contributed by atoms with Gasteiger partial charge in [-0.1, -0.05) is 36.2 Å². The van der Waals surface area contributed by atoms with Crippen LogP contribution in [0.15, 0.2) is 41.3 Å². The molecule has 0 aromatic heterocycles. The summed E-state index contributed by atoms with van der Waals surface area (Å²) in [5.74, 6) is -0.334. The number of anilines is 1. The maximum Gasteiger partial charge on any atom is 0.263 e. The fraction of sp³-hybridized carbons (Fsp3) is 0.316. The number of amides is 1. The standard InChI is InChI=1S/C19H23ClN2O3S/c1-5-14(4)21-19(23)15-7-8-16(20)18(11-15)26(24,25)22-17-9-6-12(2)10-13(17)3/h6-11,14,22H,5H2,1-4H3,(H,21,23)/t14-/m1/s1. The van der Waals surface area contributed by atoms with Crippen LogP contribution < -0.4 is 10.0 Å². The molecule has 1 atom stereocenters. The lowest BCUT2D eigenvalue weighted by atomic mass is 10.1. The van der Waals surface area contributed by atoms with Gasteiger partial charge in [-0.2, -0.15) is 0 Å². The van der Waals surface area contributed by atoms with E-state index in [1.54, 1.807) is 6.07 Å². The second-order valence-corrected chi connectivity index (χ2v) is 8.41. The molecule has 0 radical (unpaired) electrons. The van der Waals surface area contributed by atoms with Gasteiger partial charge in [0.05, 0.1) is 10.7 Å². The summed E-state index contributed by atoms with van der Waals surface area (Å²) in [5, 5.41) is 2.87. The minimum atomic E-state index is -3.93. The minimum absolute atomic E-state index is 0.00781. The summed E-state index contributed by atoms with van der Waals surface area (Å²) in [6.45, 7) is 7.59. The Balaban J connectivity index is 2.36. The Morgan fingerprint density at radius 1 is 1.15 bits per heavy atom. The molecule has 0 spiro atoms. The average molecular weight is 395 g/mol. The van der Waals surface area contributed by atoms with Crippen LogP contribution in [0.25, 0.3) is 0 Å². The van der Waals surface area contributed by atoms with Crippen LogP contribution in [0.4, 0.5) is 5.69 Å². The van der Waals surface area contributed by atoms with Crippen LogP contribution in [-0.2, 0) is 10.0 Å². The van der Waals surface area contributed by atoms with E-state index in [1.807, 2.05) is 39.8 Å². The first-order valence-electron chi connectivity index (χ1n) is 8.34. The number of hydrogen-bond acceptors (Lipinski definition) is 3. The smallest absolute Gasteiger partial charge is 0.263 e. The van der Waals surface area contributed by atoms with E-state index in [9.17, 15) is 13.2 Å². The topological polar surface area (TPSA) is 75.3 Å². The van der Waals surface area contributed by atoms with Crippen molar-refractivity contribution >= 4 is 33.2 Å². The second kappa shape index (κ2) is 8.10. The normalized spacial score (nSPS) is 12.5. The van der Waals surface area contributed by atoms with Crippen LogP contribution in [0.3, 0.4) is 0 Å². The molecule has 5 nitrogen and oxygen atoms in total. The molecule has 0 saturated carbocycles. The summed E-state index contributed by atoms with van der Waals surface area (Å²) in [6.07, 6.45) is 0.777. The van der Waals surface area contributed by atoms with E-state index < -0.39 is 10.0 Å². The highest BCUT2D eigenvalue weighted by molar-refractivity contribution is 7.92. The van der Waals surface area contributed by atoms with Gasteiger partial charge in [-0.15, -0.1) is 0 Å². The van der Waals surface area contributed by atoms with Crippen molar-refractivity contribution in [2.24, 2.45) is 0 Å². The summed E-state index contributed by atoms with van der Waals surface area (Å²) >= 11 is 6.10. The van der Waals surface area contributed by atoms with E-state index in [2.05, 4.69) is 10.0 Å². The van der Waals surface area contributed by atoms with Crippen molar-refractivity contribution in [3.63, 3.8) is 0 Å². The number of aryl methyl sites for hydroxylation is 2. The first-order chi connectivity index (χ1) is 12.1. The zero-order valence-electron chi connectivity index (χ0n) is 15.3. The van der Waals surface area contributed by atoms with Gasteiger partial charge in [0, 0.05) is 11.6 Å². The lowest BCUT2D eigenvalue weighted by Gasteiger charge is -2.14. The highest BCUT2D eigenvalue weighted by atomic mass is 35.5. The number of sulfonamides is 1. The van der Waals surface area contributed by atoms with Crippen LogP contribution in [0, 0.1) is 13.8 Å². The highest BCUT2D eigenvalue weighted by Crippen LogP contribution is 2.26. The Kier molecular flexibility index (Phi) is 6.31. The predicted octanol–water partition coefficient (Wildman–Crippen LogP) is 4.29. The Bertz CT molecular complexity index is 926. The summed E-state index contributed by atoms with van der Waals surface area (Å²) in [4.78, 5) is 12.2. The Morgan fingerprint density at radius 3 is 2.46 bits per heavy atom. The van der Waals surface area contributed by atoms with E-state index >= 15 is 0 Å². The SMILES string of the molecule is CC[C@@H](C)NC(=O)c1ccc(Cl)c(S(=O)(=O)Nc2ccc(C)cc2C)c1. The monoisotopic (exact) mass is 394 g/mol. The first-order valence-corrected chi connectivity index (χ1v) is 10.2. The van der Waals surface area contributed by atoms with Crippen LogP contribution in [-0.4, -0.2) is 20.4 Å². The van der Waals surface area contributed by atoms with Crippen molar-refractivity contribution in [2.45, 2.75) is 45.1 Å². The third-order valence-electron chi connectivity index (χ3n) is 4.10. The number of carbonyl (C=O) groups is 1. The molecule has 0 unspecified atom stereocenters. The molecule has 26 heavy (non-hydrogen) atoms. The molecular formula is C19H23ClN2O3S. The van der Waals surface area contributed by atoms with Crippen molar-refractivity contribution in [2.75, 3.05) is 4.72 Å². The molecule has 2 aromatic carbocycles. The van der Waals surface area contributed by atoms with Crippen LogP contribution in [0.5, 0.6) is 0 Å². The molecule has 0 aliphatic heterocycles. The van der Waals surface area contributed by atoms with Crippen LogP contribution >= 0.6 is 11.6 Å². The molecule has 0 aliphatic rings. The number of carbonyl (C=O) groups excluding carboxylic acids is 1. The predicted molar refractivity (Wildman–Crippen MR) is 105 cm³/mol. The Morgan fingerprint density at radius 2 is 1.85 bits per heavy atom. The van der Waals surface area contributed by atoms with Gasteiger partial charge < -0.3 is 5.32 Å².